The van der Waals surface area contributed by atoms with Crippen molar-refractivity contribution < 1.29 is 14.0 Å². The van der Waals surface area contributed by atoms with Gasteiger partial charge in [-0.1, -0.05) is 18.2 Å². The van der Waals surface area contributed by atoms with E-state index in [4.69, 9.17) is 0 Å². The van der Waals surface area contributed by atoms with Gasteiger partial charge < -0.3 is 16.0 Å². The van der Waals surface area contributed by atoms with E-state index in [1.54, 1.807) is 42.5 Å². The Balaban J connectivity index is 1.46. The van der Waals surface area contributed by atoms with Gasteiger partial charge in [-0.15, -0.1) is 0 Å². The number of carbonyl (C=O) groups excluding carboxylic acids is 2. The van der Waals surface area contributed by atoms with Gasteiger partial charge in [0.2, 0.25) is 5.91 Å². The van der Waals surface area contributed by atoms with Crippen LogP contribution in [0.1, 0.15) is 28.8 Å². The van der Waals surface area contributed by atoms with Crippen molar-refractivity contribution in [3.63, 3.8) is 0 Å². The summed E-state index contributed by atoms with van der Waals surface area (Å²) in [7, 11) is 0. The van der Waals surface area contributed by atoms with Crippen LogP contribution in [0, 0.1) is 11.7 Å². The van der Waals surface area contributed by atoms with E-state index in [1.807, 2.05) is 0 Å². The van der Waals surface area contributed by atoms with Gasteiger partial charge in [-0.3, -0.25) is 9.59 Å². The summed E-state index contributed by atoms with van der Waals surface area (Å²) < 4.78 is 13.6. The van der Waals surface area contributed by atoms with Crippen molar-refractivity contribution in [1.29, 1.82) is 0 Å². The molecular formula is C20H22FN3O2. The molecule has 136 valence electrons. The summed E-state index contributed by atoms with van der Waals surface area (Å²) in [5, 5.41) is 8.60. The molecule has 2 aromatic carbocycles. The average molecular weight is 355 g/mol. The Morgan fingerprint density at radius 3 is 2.46 bits per heavy atom. The average Bonchev–Trinajstić information content (AvgIpc) is 3.46. The highest BCUT2D eigenvalue weighted by Crippen LogP contribution is 2.27. The molecule has 0 aliphatic heterocycles. The summed E-state index contributed by atoms with van der Waals surface area (Å²) in [6.45, 7) is 1.28. The highest BCUT2D eigenvalue weighted by atomic mass is 19.1. The topological polar surface area (TPSA) is 70.2 Å². The largest absolute Gasteiger partial charge is 0.348 e. The maximum absolute atomic E-state index is 13.6. The van der Waals surface area contributed by atoms with Crippen LogP contribution in [0.4, 0.5) is 10.1 Å². The van der Waals surface area contributed by atoms with Gasteiger partial charge in [-0.2, -0.15) is 0 Å². The molecule has 6 heteroatoms. The number of rotatable bonds is 8. The van der Waals surface area contributed by atoms with Crippen LogP contribution < -0.4 is 16.0 Å². The predicted octanol–water partition coefficient (Wildman–Crippen LogP) is 2.69. The normalized spacial score (nSPS) is 13.3. The van der Waals surface area contributed by atoms with Crippen LogP contribution >= 0.6 is 0 Å². The molecule has 0 bridgehead atoms. The summed E-state index contributed by atoms with van der Waals surface area (Å²) >= 11 is 0. The minimum absolute atomic E-state index is 0.109. The van der Waals surface area contributed by atoms with E-state index < -0.39 is 0 Å². The Bertz CT molecular complexity index is 773. The minimum atomic E-state index is -0.346. The van der Waals surface area contributed by atoms with Crippen LogP contribution in [0.5, 0.6) is 0 Å². The number of hydrogen-bond acceptors (Lipinski definition) is 3. The molecule has 0 spiro atoms. The number of benzene rings is 2. The highest BCUT2D eigenvalue weighted by molar-refractivity contribution is 5.96. The minimum Gasteiger partial charge on any atom is -0.348 e. The molecule has 0 heterocycles. The Morgan fingerprint density at radius 2 is 1.77 bits per heavy atom. The zero-order valence-corrected chi connectivity index (χ0v) is 14.4. The van der Waals surface area contributed by atoms with Crippen molar-refractivity contribution in [2.75, 3.05) is 18.4 Å². The maximum atomic E-state index is 13.6. The third-order valence-corrected chi connectivity index (χ3v) is 4.24. The second-order valence-corrected chi connectivity index (χ2v) is 6.47. The van der Waals surface area contributed by atoms with E-state index in [2.05, 4.69) is 16.0 Å². The lowest BCUT2D eigenvalue weighted by Crippen LogP contribution is -2.29. The van der Waals surface area contributed by atoms with Crippen molar-refractivity contribution in [3.05, 3.63) is 65.5 Å². The van der Waals surface area contributed by atoms with Crippen LogP contribution in [0.25, 0.3) is 0 Å². The lowest BCUT2D eigenvalue weighted by atomic mass is 10.1. The van der Waals surface area contributed by atoms with Crippen molar-refractivity contribution in [2.45, 2.75) is 19.4 Å². The van der Waals surface area contributed by atoms with Crippen molar-refractivity contribution >= 4 is 17.5 Å². The highest BCUT2D eigenvalue weighted by Gasteiger charge is 2.20. The van der Waals surface area contributed by atoms with Crippen LogP contribution in [0.2, 0.25) is 0 Å². The van der Waals surface area contributed by atoms with Gasteiger partial charge in [0.25, 0.3) is 5.91 Å². The molecule has 3 N–H and O–H groups in total. The fourth-order valence-corrected chi connectivity index (χ4v) is 2.54. The van der Waals surface area contributed by atoms with E-state index >= 15 is 0 Å². The third-order valence-electron chi connectivity index (χ3n) is 4.24. The van der Waals surface area contributed by atoms with Gasteiger partial charge in [-0.05, 0) is 55.6 Å². The van der Waals surface area contributed by atoms with Gasteiger partial charge in [0.05, 0.1) is 6.54 Å². The lowest BCUT2D eigenvalue weighted by molar-refractivity contribution is -0.115. The molecule has 26 heavy (non-hydrogen) atoms. The summed E-state index contributed by atoms with van der Waals surface area (Å²) in [4.78, 5) is 24.0. The van der Waals surface area contributed by atoms with Crippen molar-refractivity contribution in [1.82, 2.24) is 10.6 Å². The van der Waals surface area contributed by atoms with Gasteiger partial charge in [-0.25, -0.2) is 4.39 Å². The number of anilines is 1. The number of carbonyl (C=O) groups is 2. The maximum Gasteiger partial charge on any atom is 0.251 e. The van der Waals surface area contributed by atoms with Gasteiger partial charge in [0.1, 0.15) is 5.82 Å². The molecule has 1 aliphatic rings. The lowest BCUT2D eigenvalue weighted by Gasteiger charge is -2.09. The first kappa shape index (κ1) is 18.1. The molecular weight excluding hydrogens is 333 g/mol. The second kappa shape index (κ2) is 8.58. The molecule has 1 aliphatic carbocycles. The summed E-state index contributed by atoms with van der Waals surface area (Å²) in [5.74, 6) is -0.0225. The van der Waals surface area contributed by atoms with E-state index in [1.165, 1.54) is 18.9 Å². The number of amides is 2. The molecule has 5 nitrogen and oxygen atoms in total. The van der Waals surface area contributed by atoms with Gasteiger partial charge >= 0.3 is 0 Å². The molecule has 0 saturated heterocycles. The van der Waals surface area contributed by atoms with E-state index in [0.717, 1.165) is 12.5 Å². The van der Waals surface area contributed by atoms with Crippen LogP contribution in [-0.4, -0.2) is 24.9 Å². The van der Waals surface area contributed by atoms with Crippen LogP contribution in [0.15, 0.2) is 48.5 Å². The molecule has 1 saturated carbocycles. The molecule has 0 unspecified atom stereocenters. The Kier molecular flexibility index (Phi) is 5.96. The standard InChI is InChI=1S/C20H22FN3O2/c21-18-4-2-1-3-16(18)12-23-20(26)15-7-9-17(10-8-15)24-19(25)13-22-11-14-5-6-14/h1-4,7-10,14,22H,5-6,11-13H2,(H,23,26)(H,24,25). The Hall–Kier alpha value is -2.73. The first-order chi connectivity index (χ1) is 12.6. The van der Waals surface area contributed by atoms with Crippen LogP contribution in [0.3, 0.4) is 0 Å². The fourth-order valence-electron chi connectivity index (χ4n) is 2.54. The zero-order chi connectivity index (χ0) is 18.4. The molecule has 0 atom stereocenters. The third kappa shape index (κ3) is 5.39. The molecule has 0 radical (unpaired) electrons. The second-order valence-electron chi connectivity index (χ2n) is 6.47. The molecule has 3 rings (SSSR count). The molecule has 1 fully saturated rings. The Labute approximate surface area is 152 Å². The summed E-state index contributed by atoms with van der Waals surface area (Å²) in [6, 6.07) is 12.9. The van der Waals surface area contributed by atoms with Gasteiger partial charge in [0, 0.05) is 23.4 Å². The van der Waals surface area contributed by atoms with Crippen molar-refractivity contribution in [2.24, 2.45) is 5.92 Å². The number of nitrogens with one attached hydrogen (secondary N) is 3. The van der Waals surface area contributed by atoms with Crippen LogP contribution in [-0.2, 0) is 11.3 Å². The van der Waals surface area contributed by atoms with E-state index in [0.29, 0.717) is 16.8 Å². The SMILES string of the molecule is O=C(CNCC1CC1)Nc1ccc(C(=O)NCc2ccccc2F)cc1. The fraction of sp³-hybridized carbons (Fsp3) is 0.300. The van der Waals surface area contributed by atoms with E-state index in [-0.39, 0.29) is 30.7 Å². The summed E-state index contributed by atoms with van der Waals surface area (Å²) in [5.41, 5.74) is 1.52. The first-order valence-corrected chi connectivity index (χ1v) is 8.74. The first-order valence-electron chi connectivity index (χ1n) is 8.74. The predicted molar refractivity (Wildman–Crippen MR) is 98.2 cm³/mol. The smallest absolute Gasteiger partial charge is 0.251 e. The van der Waals surface area contributed by atoms with Crippen molar-refractivity contribution in [3.8, 4) is 0 Å². The van der Waals surface area contributed by atoms with Gasteiger partial charge in [0.15, 0.2) is 0 Å². The summed E-state index contributed by atoms with van der Waals surface area (Å²) in [6.07, 6.45) is 2.49. The molecule has 0 aromatic heterocycles. The zero-order valence-electron chi connectivity index (χ0n) is 14.4. The molecule has 2 amide bonds. The Morgan fingerprint density at radius 1 is 1.04 bits per heavy atom. The van der Waals surface area contributed by atoms with E-state index in [9.17, 15) is 14.0 Å². The number of halogens is 1. The quantitative estimate of drug-likeness (QED) is 0.682. The molecule has 2 aromatic rings. The monoisotopic (exact) mass is 355 g/mol. The number of hydrogen-bond donors (Lipinski definition) is 3.